The van der Waals surface area contributed by atoms with Gasteiger partial charge in [0.25, 0.3) is 0 Å². The van der Waals surface area contributed by atoms with E-state index in [4.69, 9.17) is 4.74 Å². The van der Waals surface area contributed by atoms with Crippen molar-refractivity contribution < 1.29 is 14.3 Å². The summed E-state index contributed by atoms with van der Waals surface area (Å²) in [7, 11) is 0. The molecule has 126 valence electrons. The van der Waals surface area contributed by atoms with Gasteiger partial charge in [-0.05, 0) is 26.8 Å². The number of carbonyl (C=O) groups is 2. The van der Waals surface area contributed by atoms with Crippen molar-refractivity contribution in [2.24, 2.45) is 5.41 Å². The summed E-state index contributed by atoms with van der Waals surface area (Å²) in [6.45, 7) is 7.17. The molecule has 0 aromatic carbocycles. The van der Waals surface area contributed by atoms with Crippen LogP contribution in [-0.2, 0) is 9.53 Å². The molecule has 2 aliphatic rings. The van der Waals surface area contributed by atoms with Gasteiger partial charge in [-0.25, -0.2) is 14.3 Å². The van der Waals surface area contributed by atoms with Crippen LogP contribution < -0.4 is 4.90 Å². The maximum Gasteiger partial charge on any atom is 0.344 e. The second kappa shape index (κ2) is 4.78. The third-order valence-corrected chi connectivity index (χ3v) is 4.49. The lowest BCUT2D eigenvalue weighted by Gasteiger charge is -2.55. The Labute approximate surface area is 139 Å². The molecule has 1 aliphatic carbocycles. The van der Waals surface area contributed by atoms with Crippen LogP contribution in [0.3, 0.4) is 0 Å². The minimum Gasteiger partial charge on any atom is -0.456 e. The van der Waals surface area contributed by atoms with E-state index in [1.807, 2.05) is 26.8 Å². The monoisotopic (exact) mass is 328 g/mol. The summed E-state index contributed by atoms with van der Waals surface area (Å²) in [5.41, 5.74) is 0.455. The number of anilines is 1. The van der Waals surface area contributed by atoms with Crippen molar-refractivity contribution in [3.8, 4) is 0 Å². The Morgan fingerprint density at radius 3 is 2.62 bits per heavy atom. The molecule has 1 spiro atoms. The number of aromatic nitrogens is 3. The van der Waals surface area contributed by atoms with E-state index in [1.165, 1.54) is 6.20 Å². The zero-order valence-corrected chi connectivity index (χ0v) is 14.1. The standard InChI is InChI=1S/C17H20N4O3/c1-16(2,3)24-15(23)12-8-18-21-5-4-13(19-14(12)21)20-9-17(10-20)6-11(22)7-17/h4-5,8H,6-7,9-10H2,1-3H3. The molecule has 1 aliphatic heterocycles. The highest BCUT2D eigenvalue weighted by molar-refractivity contribution is 5.96. The number of rotatable bonds is 2. The number of ether oxygens (including phenoxy) is 1. The molecular weight excluding hydrogens is 308 g/mol. The smallest absolute Gasteiger partial charge is 0.344 e. The molecule has 2 aromatic rings. The van der Waals surface area contributed by atoms with Crippen LogP contribution in [0.15, 0.2) is 18.5 Å². The second-order valence-corrected chi connectivity index (χ2v) is 7.86. The van der Waals surface area contributed by atoms with Gasteiger partial charge in [-0.1, -0.05) is 0 Å². The molecule has 0 radical (unpaired) electrons. The Kier molecular flexibility index (Phi) is 3.01. The number of nitrogens with zero attached hydrogens (tertiary/aromatic N) is 4. The van der Waals surface area contributed by atoms with Gasteiger partial charge in [0.1, 0.15) is 22.8 Å². The number of hydrogen-bond donors (Lipinski definition) is 0. The lowest BCUT2D eigenvalue weighted by molar-refractivity contribution is -0.134. The Morgan fingerprint density at radius 1 is 1.29 bits per heavy atom. The topological polar surface area (TPSA) is 76.8 Å². The van der Waals surface area contributed by atoms with E-state index in [9.17, 15) is 9.59 Å². The van der Waals surface area contributed by atoms with Gasteiger partial charge in [0, 0.05) is 37.5 Å². The fourth-order valence-electron chi connectivity index (χ4n) is 3.45. The Hall–Kier alpha value is -2.44. The Balaban J connectivity index is 1.58. The first-order chi connectivity index (χ1) is 11.2. The van der Waals surface area contributed by atoms with Gasteiger partial charge >= 0.3 is 5.97 Å². The van der Waals surface area contributed by atoms with Crippen LogP contribution in [0.4, 0.5) is 5.82 Å². The molecule has 0 bridgehead atoms. The summed E-state index contributed by atoms with van der Waals surface area (Å²) in [6, 6.07) is 1.88. The van der Waals surface area contributed by atoms with E-state index < -0.39 is 11.6 Å². The molecule has 2 aromatic heterocycles. The largest absolute Gasteiger partial charge is 0.456 e. The number of Topliss-reactive ketones (excluding diaryl/α,β-unsaturated/α-hetero) is 1. The molecule has 0 unspecified atom stereocenters. The van der Waals surface area contributed by atoms with E-state index in [0.29, 0.717) is 29.8 Å². The molecule has 1 saturated carbocycles. The van der Waals surface area contributed by atoms with Gasteiger partial charge in [0.05, 0.1) is 6.20 Å². The van der Waals surface area contributed by atoms with Crippen LogP contribution >= 0.6 is 0 Å². The summed E-state index contributed by atoms with van der Waals surface area (Å²) in [4.78, 5) is 30.3. The molecule has 0 N–H and O–H groups in total. The van der Waals surface area contributed by atoms with E-state index in [-0.39, 0.29) is 5.41 Å². The Bertz CT molecular complexity index is 833. The van der Waals surface area contributed by atoms with Gasteiger partial charge in [-0.15, -0.1) is 0 Å². The molecule has 24 heavy (non-hydrogen) atoms. The first kappa shape index (κ1) is 15.1. The molecule has 7 nitrogen and oxygen atoms in total. The van der Waals surface area contributed by atoms with E-state index in [1.54, 1.807) is 10.7 Å². The fourth-order valence-corrected chi connectivity index (χ4v) is 3.45. The molecule has 4 rings (SSSR count). The highest BCUT2D eigenvalue weighted by Gasteiger charge is 2.52. The minimum absolute atomic E-state index is 0.166. The molecule has 0 atom stereocenters. The van der Waals surface area contributed by atoms with E-state index in [2.05, 4.69) is 15.0 Å². The number of ketones is 1. The van der Waals surface area contributed by atoms with Crippen LogP contribution in [0.1, 0.15) is 44.0 Å². The molecule has 1 saturated heterocycles. The second-order valence-electron chi connectivity index (χ2n) is 7.86. The average Bonchev–Trinajstić information content (AvgIpc) is 2.82. The van der Waals surface area contributed by atoms with Gasteiger partial charge in [-0.3, -0.25) is 4.79 Å². The van der Waals surface area contributed by atoms with E-state index in [0.717, 1.165) is 18.9 Å². The predicted octanol–water partition coefficient (Wildman–Crippen LogP) is 1.85. The SMILES string of the molecule is CC(C)(C)OC(=O)c1cnn2ccc(N3CC4(CC(=O)C4)C3)nc12. The van der Waals surface area contributed by atoms with Crippen molar-refractivity contribution in [1.29, 1.82) is 0 Å². The summed E-state index contributed by atoms with van der Waals surface area (Å²) >= 11 is 0. The van der Waals surface area contributed by atoms with Crippen LogP contribution in [0.2, 0.25) is 0 Å². The zero-order valence-electron chi connectivity index (χ0n) is 14.1. The fraction of sp³-hybridized carbons (Fsp3) is 0.529. The van der Waals surface area contributed by atoms with Crippen molar-refractivity contribution in [2.45, 2.75) is 39.2 Å². The third kappa shape index (κ3) is 2.44. The lowest BCUT2D eigenvalue weighted by Crippen LogP contribution is -2.63. The van der Waals surface area contributed by atoms with E-state index >= 15 is 0 Å². The normalized spacial score (nSPS) is 19.3. The van der Waals surface area contributed by atoms with Crippen molar-refractivity contribution in [3.05, 3.63) is 24.0 Å². The maximum absolute atomic E-state index is 12.3. The van der Waals surface area contributed by atoms with Crippen molar-refractivity contribution in [3.63, 3.8) is 0 Å². The molecule has 2 fully saturated rings. The predicted molar refractivity (Wildman–Crippen MR) is 87.0 cm³/mol. The van der Waals surface area contributed by atoms with Gasteiger partial charge in [0.2, 0.25) is 0 Å². The zero-order chi connectivity index (χ0) is 17.1. The van der Waals surface area contributed by atoms with Gasteiger partial charge < -0.3 is 9.64 Å². The van der Waals surface area contributed by atoms with Crippen molar-refractivity contribution in [1.82, 2.24) is 14.6 Å². The summed E-state index contributed by atoms with van der Waals surface area (Å²) < 4.78 is 6.99. The lowest BCUT2D eigenvalue weighted by atomic mass is 9.63. The summed E-state index contributed by atoms with van der Waals surface area (Å²) in [6.07, 6.45) is 4.65. The third-order valence-electron chi connectivity index (χ3n) is 4.49. The molecule has 7 heteroatoms. The first-order valence-electron chi connectivity index (χ1n) is 8.09. The summed E-state index contributed by atoms with van der Waals surface area (Å²) in [5, 5.41) is 4.17. The molecular formula is C17H20N4O3. The van der Waals surface area contributed by atoms with Gasteiger partial charge in [-0.2, -0.15) is 5.10 Å². The number of carbonyl (C=O) groups excluding carboxylic acids is 2. The highest BCUT2D eigenvalue weighted by Crippen LogP contribution is 2.47. The van der Waals surface area contributed by atoms with Crippen LogP contribution in [0, 0.1) is 5.41 Å². The Morgan fingerprint density at radius 2 is 2.00 bits per heavy atom. The average molecular weight is 328 g/mol. The maximum atomic E-state index is 12.3. The molecule has 0 amide bonds. The van der Waals surface area contributed by atoms with Crippen molar-refractivity contribution in [2.75, 3.05) is 18.0 Å². The highest BCUT2D eigenvalue weighted by atomic mass is 16.6. The van der Waals surface area contributed by atoms with Crippen molar-refractivity contribution >= 4 is 23.2 Å². The van der Waals surface area contributed by atoms with Gasteiger partial charge in [0.15, 0.2) is 5.65 Å². The summed E-state index contributed by atoms with van der Waals surface area (Å²) in [5.74, 6) is 0.727. The number of hydrogen-bond acceptors (Lipinski definition) is 6. The molecule has 3 heterocycles. The van der Waals surface area contributed by atoms with Crippen LogP contribution in [0.5, 0.6) is 0 Å². The number of esters is 1. The first-order valence-corrected chi connectivity index (χ1v) is 8.09. The minimum atomic E-state index is -0.566. The van der Waals surface area contributed by atoms with Crippen LogP contribution in [0.25, 0.3) is 5.65 Å². The quantitative estimate of drug-likeness (QED) is 0.783. The number of fused-ring (bicyclic) bond motifs is 1. The van der Waals surface area contributed by atoms with Crippen LogP contribution in [-0.4, -0.2) is 45.0 Å².